The average Bonchev–Trinajstić information content (AvgIpc) is 2.08. The molecule has 0 saturated carbocycles. The Hall–Kier alpha value is -0.560. The molecule has 0 radical (unpaired) electrons. The summed E-state index contributed by atoms with van der Waals surface area (Å²) in [7, 11) is 0. The van der Waals surface area contributed by atoms with Gasteiger partial charge in [-0.2, -0.15) is 5.26 Å². The number of hydrogen-bond donors (Lipinski definition) is 1. The van der Waals surface area contributed by atoms with Gasteiger partial charge >= 0.3 is 0 Å². The first-order valence-corrected chi connectivity index (χ1v) is 4.35. The minimum absolute atomic E-state index is 0.488. The monoisotopic (exact) mass is 245 g/mol. The smallest absolute Gasteiger partial charge is 0.165 e. The van der Waals surface area contributed by atoms with E-state index in [0.29, 0.717) is 10.6 Å². The summed E-state index contributed by atoms with van der Waals surface area (Å²) in [6.07, 6.45) is -1.10. The second-order valence-corrected chi connectivity index (χ2v) is 3.47. The van der Waals surface area contributed by atoms with Gasteiger partial charge in [0.15, 0.2) is 6.10 Å². The Bertz CT molecular complexity index is 334. The summed E-state index contributed by atoms with van der Waals surface area (Å²) < 4.78 is 0.748. The number of nitriles is 1. The van der Waals surface area contributed by atoms with Gasteiger partial charge in [-0.05, 0) is 33.6 Å². The second kappa shape index (κ2) is 3.90. The third-order valence-corrected chi connectivity index (χ3v) is 2.61. The van der Waals surface area contributed by atoms with Gasteiger partial charge in [0.25, 0.3) is 0 Å². The average molecular weight is 246 g/mol. The molecule has 12 heavy (non-hydrogen) atoms. The largest absolute Gasteiger partial charge is 0.374 e. The Labute approximate surface area is 83.5 Å². The predicted octanol–water partition coefficient (Wildman–Crippen LogP) is 2.66. The van der Waals surface area contributed by atoms with Crippen molar-refractivity contribution in [2.45, 2.75) is 6.10 Å². The molecule has 1 N–H and O–H groups in total. The molecule has 1 aromatic carbocycles. The van der Waals surface area contributed by atoms with E-state index >= 15 is 0 Å². The van der Waals surface area contributed by atoms with Crippen LogP contribution in [0.15, 0.2) is 22.7 Å². The van der Waals surface area contributed by atoms with Crippen LogP contribution in [0.1, 0.15) is 11.7 Å². The SMILES string of the molecule is N#CC(O)c1ccc(Br)c(Cl)c1. The zero-order chi connectivity index (χ0) is 9.14. The van der Waals surface area contributed by atoms with Crippen molar-refractivity contribution in [2.75, 3.05) is 0 Å². The van der Waals surface area contributed by atoms with Crippen molar-refractivity contribution >= 4 is 27.5 Å². The standard InChI is InChI=1S/C8H5BrClNO/c9-6-2-1-5(3-7(6)10)8(12)4-11/h1-3,8,12H. The first-order valence-electron chi connectivity index (χ1n) is 3.18. The summed E-state index contributed by atoms with van der Waals surface area (Å²) in [5, 5.41) is 18.0. The highest BCUT2D eigenvalue weighted by molar-refractivity contribution is 9.10. The zero-order valence-corrected chi connectivity index (χ0v) is 8.30. The molecule has 1 unspecified atom stereocenters. The molecule has 0 heterocycles. The Kier molecular flexibility index (Phi) is 3.10. The van der Waals surface area contributed by atoms with Gasteiger partial charge in [0.1, 0.15) is 0 Å². The normalized spacial score (nSPS) is 12.2. The minimum Gasteiger partial charge on any atom is -0.374 e. The molecular weight excluding hydrogens is 241 g/mol. The molecule has 0 bridgehead atoms. The maximum atomic E-state index is 9.11. The fourth-order valence-electron chi connectivity index (χ4n) is 0.757. The highest BCUT2D eigenvalue weighted by atomic mass is 79.9. The van der Waals surface area contributed by atoms with Crippen molar-refractivity contribution in [1.29, 1.82) is 5.26 Å². The van der Waals surface area contributed by atoms with Crippen LogP contribution in [0.2, 0.25) is 5.02 Å². The molecule has 4 heteroatoms. The van der Waals surface area contributed by atoms with E-state index in [-0.39, 0.29) is 0 Å². The van der Waals surface area contributed by atoms with E-state index in [0.717, 1.165) is 4.47 Å². The van der Waals surface area contributed by atoms with Crippen molar-refractivity contribution in [3.05, 3.63) is 33.3 Å². The zero-order valence-electron chi connectivity index (χ0n) is 5.96. The predicted molar refractivity (Wildman–Crippen MR) is 49.7 cm³/mol. The molecule has 1 aromatic rings. The Balaban J connectivity index is 3.06. The summed E-state index contributed by atoms with van der Waals surface area (Å²) in [6.45, 7) is 0. The van der Waals surface area contributed by atoms with Crippen LogP contribution in [-0.2, 0) is 0 Å². The number of benzene rings is 1. The van der Waals surface area contributed by atoms with Gasteiger partial charge in [-0.15, -0.1) is 0 Å². The van der Waals surface area contributed by atoms with E-state index in [9.17, 15) is 0 Å². The second-order valence-electron chi connectivity index (χ2n) is 2.21. The quantitative estimate of drug-likeness (QED) is 0.774. The van der Waals surface area contributed by atoms with Crippen LogP contribution in [0.25, 0.3) is 0 Å². The first kappa shape index (κ1) is 9.53. The van der Waals surface area contributed by atoms with E-state index in [4.69, 9.17) is 22.0 Å². The van der Waals surface area contributed by atoms with Crippen molar-refractivity contribution in [2.24, 2.45) is 0 Å². The highest BCUT2D eigenvalue weighted by Crippen LogP contribution is 2.25. The van der Waals surface area contributed by atoms with Crippen molar-refractivity contribution in [1.82, 2.24) is 0 Å². The van der Waals surface area contributed by atoms with Gasteiger partial charge in [-0.25, -0.2) is 0 Å². The summed E-state index contributed by atoms with van der Waals surface area (Å²) in [5.41, 5.74) is 0.505. The van der Waals surface area contributed by atoms with Gasteiger partial charge in [0, 0.05) is 4.47 Å². The topological polar surface area (TPSA) is 44.0 Å². The lowest BCUT2D eigenvalue weighted by Crippen LogP contribution is -1.92. The molecule has 0 saturated heterocycles. The molecule has 62 valence electrons. The number of aliphatic hydroxyl groups excluding tert-OH is 1. The van der Waals surface area contributed by atoms with Crippen LogP contribution in [0.4, 0.5) is 0 Å². The lowest BCUT2D eigenvalue weighted by molar-refractivity contribution is 0.236. The Morgan fingerprint density at radius 3 is 2.75 bits per heavy atom. The molecule has 0 aliphatic heterocycles. The third kappa shape index (κ3) is 1.98. The maximum absolute atomic E-state index is 9.11. The van der Waals surface area contributed by atoms with Crippen LogP contribution in [0.3, 0.4) is 0 Å². The number of nitrogens with zero attached hydrogens (tertiary/aromatic N) is 1. The van der Waals surface area contributed by atoms with Crippen molar-refractivity contribution in [3.8, 4) is 6.07 Å². The first-order chi connectivity index (χ1) is 5.65. The maximum Gasteiger partial charge on any atom is 0.165 e. The molecule has 0 aliphatic rings. The van der Waals surface area contributed by atoms with E-state index in [1.54, 1.807) is 24.3 Å². The lowest BCUT2D eigenvalue weighted by atomic mass is 10.1. The number of hydrogen-bond acceptors (Lipinski definition) is 2. The summed E-state index contributed by atoms with van der Waals surface area (Å²) in [5.74, 6) is 0. The summed E-state index contributed by atoms with van der Waals surface area (Å²) >= 11 is 8.95. The molecular formula is C8H5BrClNO. The van der Waals surface area contributed by atoms with E-state index < -0.39 is 6.10 Å². The van der Waals surface area contributed by atoms with E-state index in [1.807, 2.05) is 0 Å². The van der Waals surface area contributed by atoms with E-state index in [1.165, 1.54) is 0 Å². The van der Waals surface area contributed by atoms with Crippen LogP contribution in [0.5, 0.6) is 0 Å². The summed E-state index contributed by atoms with van der Waals surface area (Å²) in [4.78, 5) is 0. The van der Waals surface area contributed by atoms with Gasteiger partial charge in [0.05, 0.1) is 11.1 Å². The molecule has 0 amide bonds. The van der Waals surface area contributed by atoms with Gasteiger partial charge in [-0.1, -0.05) is 17.7 Å². The molecule has 0 aliphatic carbocycles. The van der Waals surface area contributed by atoms with Crippen LogP contribution >= 0.6 is 27.5 Å². The van der Waals surface area contributed by atoms with E-state index in [2.05, 4.69) is 15.9 Å². The van der Waals surface area contributed by atoms with Crippen molar-refractivity contribution < 1.29 is 5.11 Å². The molecule has 0 aromatic heterocycles. The molecule has 1 atom stereocenters. The molecule has 1 rings (SSSR count). The van der Waals surface area contributed by atoms with Crippen LogP contribution in [-0.4, -0.2) is 5.11 Å². The van der Waals surface area contributed by atoms with Crippen LogP contribution in [0, 0.1) is 11.3 Å². The minimum atomic E-state index is -1.10. The van der Waals surface area contributed by atoms with Crippen molar-refractivity contribution in [3.63, 3.8) is 0 Å². The number of halogens is 2. The highest BCUT2D eigenvalue weighted by Gasteiger charge is 2.06. The Morgan fingerprint density at radius 2 is 2.25 bits per heavy atom. The molecule has 2 nitrogen and oxygen atoms in total. The van der Waals surface area contributed by atoms with Crippen LogP contribution < -0.4 is 0 Å². The number of aliphatic hydroxyl groups is 1. The fourth-order valence-corrected chi connectivity index (χ4v) is 1.19. The molecule has 0 spiro atoms. The van der Waals surface area contributed by atoms with Gasteiger partial charge in [0.2, 0.25) is 0 Å². The van der Waals surface area contributed by atoms with Gasteiger partial charge < -0.3 is 5.11 Å². The summed E-state index contributed by atoms with van der Waals surface area (Å²) in [6, 6.07) is 6.60. The lowest BCUT2D eigenvalue weighted by Gasteiger charge is -2.02. The Morgan fingerprint density at radius 1 is 1.58 bits per heavy atom. The molecule has 0 fully saturated rings. The van der Waals surface area contributed by atoms with Gasteiger partial charge in [-0.3, -0.25) is 0 Å². The fraction of sp³-hybridized carbons (Fsp3) is 0.125. The number of rotatable bonds is 1. The third-order valence-electron chi connectivity index (χ3n) is 1.38.